The third kappa shape index (κ3) is 5.16. The number of rotatable bonds is 5. The second-order valence-corrected chi connectivity index (χ2v) is 13.9. The molecule has 3 nitrogen and oxygen atoms in total. The van der Waals surface area contributed by atoms with Crippen LogP contribution in [0.1, 0.15) is 0 Å². The molecule has 0 fully saturated rings. The molecule has 2 heterocycles. The van der Waals surface area contributed by atoms with E-state index in [0.29, 0.717) is 17.5 Å². The highest BCUT2D eigenvalue weighted by molar-refractivity contribution is 7.26. The quantitative estimate of drug-likeness (QED) is 0.183. The fourth-order valence-corrected chi connectivity index (χ4v) is 8.42. The minimum absolute atomic E-state index is 0.643. The molecule has 238 valence electrons. The summed E-state index contributed by atoms with van der Waals surface area (Å²) in [6.07, 6.45) is 0. The molecule has 4 heteroatoms. The van der Waals surface area contributed by atoms with Crippen molar-refractivity contribution in [1.82, 2.24) is 15.0 Å². The maximum atomic E-state index is 5.21. The molecule has 2 aromatic heterocycles. The van der Waals surface area contributed by atoms with Crippen LogP contribution >= 0.6 is 11.3 Å². The number of hydrogen-bond acceptors (Lipinski definition) is 4. The number of fused-ring (bicyclic) bond motifs is 6. The SMILES string of the molecule is c1ccc(-c2ccc3cccc(-c4nc(-c5ccccc5)nc(-c5cccc(-c6cccc7sc8ccc9ccccc9c8c67)c5)n4)c3c2)cc1. The molecule has 0 bridgehead atoms. The van der Waals surface area contributed by atoms with Gasteiger partial charge in [0.2, 0.25) is 0 Å². The zero-order chi connectivity index (χ0) is 33.7. The predicted molar refractivity (Wildman–Crippen MR) is 215 cm³/mol. The molecular formula is C47H29N3S. The van der Waals surface area contributed by atoms with E-state index in [4.69, 9.17) is 15.0 Å². The van der Waals surface area contributed by atoms with Crippen LogP contribution in [-0.2, 0) is 0 Å². The minimum atomic E-state index is 0.643. The highest BCUT2D eigenvalue weighted by Gasteiger charge is 2.17. The van der Waals surface area contributed by atoms with Crippen LogP contribution < -0.4 is 0 Å². The second kappa shape index (κ2) is 12.1. The van der Waals surface area contributed by atoms with Crippen LogP contribution in [0.15, 0.2) is 176 Å². The summed E-state index contributed by atoms with van der Waals surface area (Å²) in [4.78, 5) is 15.4. The summed E-state index contributed by atoms with van der Waals surface area (Å²) in [5.74, 6) is 1.94. The van der Waals surface area contributed by atoms with E-state index in [9.17, 15) is 0 Å². The number of benzene rings is 8. The average Bonchev–Trinajstić information content (AvgIpc) is 3.61. The van der Waals surface area contributed by atoms with Crippen molar-refractivity contribution in [2.24, 2.45) is 0 Å². The van der Waals surface area contributed by atoms with Crippen molar-refractivity contribution in [3.8, 4) is 56.4 Å². The normalized spacial score (nSPS) is 11.5. The third-order valence-electron chi connectivity index (χ3n) is 9.72. The molecule has 8 aromatic carbocycles. The monoisotopic (exact) mass is 667 g/mol. The highest BCUT2D eigenvalue weighted by Crippen LogP contribution is 2.43. The fourth-order valence-electron chi connectivity index (χ4n) is 7.27. The van der Waals surface area contributed by atoms with E-state index in [-0.39, 0.29) is 0 Å². The molecule has 0 spiro atoms. The Bertz CT molecular complexity index is 2910. The number of thiophene rings is 1. The van der Waals surface area contributed by atoms with E-state index in [0.717, 1.165) is 38.6 Å². The van der Waals surface area contributed by atoms with Crippen molar-refractivity contribution < 1.29 is 0 Å². The van der Waals surface area contributed by atoms with Crippen LogP contribution in [0.5, 0.6) is 0 Å². The predicted octanol–water partition coefficient (Wildman–Crippen LogP) is 12.9. The molecule has 0 N–H and O–H groups in total. The van der Waals surface area contributed by atoms with Gasteiger partial charge in [0.15, 0.2) is 17.5 Å². The van der Waals surface area contributed by atoms with Gasteiger partial charge in [0, 0.05) is 36.9 Å². The number of aromatic nitrogens is 3. The van der Waals surface area contributed by atoms with Gasteiger partial charge >= 0.3 is 0 Å². The minimum Gasteiger partial charge on any atom is -0.208 e. The van der Waals surface area contributed by atoms with Crippen LogP contribution in [0.25, 0.3) is 98.1 Å². The van der Waals surface area contributed by atoms with Gasteiger partial charge in [0.1, 0.15) is 0 Å². The maximum absolute atomic E-state index is 5.21. The first kappa shape index (κ1) is 29.4. The first-order valence-electron chi connectivity index (χ1n) is 17.1. The van der Waals surface area contributed by atoms with Crippen LogP contribution in [0.2, 0.25) is 0 Å². The summed E-state index contributed by atoms with van der Waals surface area (Å²) in [6, 6.07) is 62.1. The lowest BCUT2D eigenvalue weighted by atomic mass is 9.95. The fraction of sp³-hybridized carbons (Fsp3) is 0. The van der Waals surface area contributed by atoms with Crippen molar-refractivity contribution in [3.63, 3.8) is 0 Å². The zero-order valence-corrected chi connectivity index (χ0v) is 28.3. The summed E-state index contributed by atoms with van der Waals surface area (Å²) >= 11 is 1.85. The van der Waals surface area contributed by atoms with E-state index < -0.39 is 0 Å². The van der Waals surface area contributed by atoms with Gasteiger partial charge < -0.3 is 0 Å². The molecule has 0 radical (unpaired) electrons. The number of nitrogens with zero attached hydrogens (tertiary/aromatic N) is 3. The smallest absolute Gasteiger partial charge is 0.164 e. The van der Waals surface area contributed by atoms with Gasteiger partial charge in [-0.2, -0.15) is 0 Å². The molecule has 0 saturated carbocycles. The van der Waals surface area contributed by atoms with E-state index >= 15 is 0 Å². The summed E-state index contributed by atoms with van der Waals surface area (Å²) < 4.78 is 2.58. The molecule has 0 aliphatic heterocycles. The third-order valence-corrected chi connectivity index (χ3v) is 10.8. The van der Waals surface area contributed by atoms with E-state index in [1.807, 2.05) is 35.6 Å². The first-order valence-corrected chi connectivity index (χ1v) is 17.9. The molecule has 0 aliphatic carbocycles. The van der Waals surface area contributed by atoms with Crippen LogP contribution in [0.3, 0.4) is 0 Å². The summed E-state index contributed by atoms with van der Waals surface area (Å²) in [5.41, 5.74) is 7.54. The molecule has 10 aromatic rings. The van der Waals surface area contributed by atoms with Crippen molar-refractivity contribution in [3.05, 3.63) is 176 Å². The Morgan fingerprint density at radius 3 is 1.76 bits per heavy atom. The molecule has 51 heavy (non-hydrogen) atoms. The molecule has 0 atom stereocenters. The van der Waals surface area contributed by atoms with Crippen molar-refractivity contribution in [2.75, 3.05) is 0 Å². The Morgan fingerprint density at radius 2 is 0.902 bits per heavy atom. The Kier molecular flexibility index (Phi) is 7.00. The molecule has 0 aliphatic rings. The van der Waals surface area contributed by atoms with Gasteiger partial charge in [-0.15, -0.1) is 11.3 Å². The van der Waals surface area contributed by atoms with Gasteiger partial charge in [-0.3, -0.25) is 0 Å². The Morgan fingerprint density at radius 1 is 0.314 bits per heavy atom. The Balaban J connectivity index is 1.17. The van der Waals surface area contributed by atoms with Gasteiger partial charge in [-0.25, -0.2) is 15.0 Å². The lowest BCUT2D eigenvalue weighted by Crippen LogP contribution is -2.00. The largest absolute Gasteiger partial charge is 0.208 e. The van der Waals surface area contributed by atoms with Crippen LogP contribution in [-0.4, -0.2) is 15.0 Å². The molecule has 0 amide bonds. The van der Waals surface area contributed by atoms with Crippen LogP contribution in [0, 0.1) is 0 Å². The first-order chi connectivity index (χ1) is 25.3. The molecular weight excluding hydrogens is 639 g/mol. The standard InChI is InChI=1S/C47H29N3S/c1-3-12-30(13-4-1)34-25-24-32-17-10-22-39(40(32)29-34)47-49-45(33-15-5-2-6-16-33)48-46(50-47)36-19-9-18-35(28-36)38-21-11-23-41-44(38)43-37-20-8-7-14-31(37)26-27-42(43)51-41/h1-29H. The van der Waals surface area contributed by atoms with Gasteiger partial charge in [0.25, 0.3) is 0 Å². The Labute approximate surface area is 299 Å². The molecule has 0 unspecified atom stereocenters. The van der Waals surface area contributed by atoms with Gasteiger partial charge in [-0.1, -0.05) is 152 Å². The zero-order valence-electron chi connectivity index (χ0n) is 27.5. The lowest BCUT2D eigenvalue weighted by Gasteiger charge is -2.12. The van der Waals surface area contributed by atoms with Crippen molar-refractivity contribution in [2.45, 2.75) is 0 Å². The average molecular weight is 668 g/mol. The van der Waals surface area contributed by atoms with Crippen molar-refractivity contribution in [1.29, 1.82) is 0 Å². The van der Waals surface area contributed by atoms with E-state index in [1.165, 1.54) is 42.1 Å². The van der Waals surface area contributed by atoms with Crippen LogP contribution in [0.4, 0.5) is 0 Å². The second-order valence-electron chi connectivity index (χ2n) is 12.8. The highest BCUT2D eigenvalue weighted by atomic mass is 32.1. The van der Waals surface area contributed by atoms with Gasteiger partial charge in [0.05, 0.1) is 0 Å². The summed E-state index contributed by atoms with van der Waals surface area (Å²) in [7, 11) is 0. The lowest BCUT2D eigenvalue weighted by molar-refractivity contribution is 1.08. The molecule has 0 saturated heterocycles. The molecule has 10 rings (SSSR count). The maximum Gasteiger partial charge on any atom is 0.164 e. The summed E-state index contributed by atoms with van der Waals surface area (Å²) in [6.45, 7) is 0. The van der Waals surface area contributed by atoms with Crippen molar-refractivity contribution >= 4 is 53.1 Å². The number of hydrogen-bond donors (Lipinski definition) is 0. The summed E-state index contributed by atoms with van der Waals surface area (Å²) in [5, 5.41) is 7.38. The van der Waals surface area contributed by atoms with E-state index in [2.05, 4.69) is 152 Å². The van der Waals surface area contributed by atoms with Gasteiger partial charge in [-0.05, 0) is 68.1 Å². The van der Waals surface area contributed by atoms with E-state index in [1.54, 1.807) is 0 Å². The topological polar surface area (TPSA) is 38.7 Å². The Hall–Kier alpha value is -6.49.